The van der Waals surface area contributed by atoms with Crippen molar-refractivity contribution in [1.29, 1.82) is 0 Å². The zero-order valence-electron chi connectivity index (χ0n) is 20.4. The van der Waals surface area contributed by atoms with Gasteiger partial charge in [-0.15, -0.1) is 0 Å². The summed E-state index contributed by atoms with van der Waals surface area (Å²) < 4.78 is 4.12. The fourth-order valence-electron chi connectivity index (χ4n) is 6.62. The summed E-state index contributed by atoms with van der Waals surface area (Å²) in [5, 5.41) is 10.5. The Kier molecular flexibility index (Phi) is 5.95. The number of fused-ring (bicyclic) bond motifs is 2. The van der Waals surface area contributed by atoms with Gasteiger partial charge in [0.2, 0.25) is 5.52 Å². The Morgan fingerprint density at radius 2 is 2.09 bits per heavy atom. The van der Waals surface area contributed by atoms with E-state index < -0.39 is 0 Å². The number of rotatable bonds is 5. The fourth-order valence-corrected chi connectivity index (χ4v) is 6.62. The van der Waals surface area contributed by atoms with Gasteiger partial charge in [-0.25, -0.2) is 4.57 Å². The number of aryl methyl sites for hydroxylation is 1. The van der Waals surface area contributed by atoms with Crippen LogP contribution >= 0.6 is 0 Å². The summed E-state index contributed by atoms with van der Waals surface area (Å²) in [4.78, 5) is 8.53. The van der Waals surface area contributed by atoms with Crippen molar-refractivity contribution in [1.82, 2.24) is 14.5 Å². The van der Waals surface area contributed by atoms with Gasteiger partial charge in [0.25, 0.3) is 0 Å². The molecule has 6 nitrogen and oxygen atoms in total. The van der Waals surface area contributed by atoms with Gasteiger partial charge in [-0.1, -0.05) is 44.0 Å². The highest BCUT2D eigenvalue weighted by Crippen LogP contribution is 2.62. The number of nitrogen functional groups attached to an aromatic ring is 1. The first-order valence-corrected chi connectivity index (χ1v) is 12.1. The van der Waals surface area contributed by atoms with Crippen LogP contribution in [0.15, 0.2) is 36.5 Å². The summed E-state index contributed by atoms with van der Waals surface area (Å²) in [7, 11) is 1.99. The van der Waals surface area contributed by atoms with Gasteiger partial charge in [-0.2, -0.15) is 4.98 Å². The summed E-state index contributed by atoms with van der Waals surface area (Å²) in [5.41, 5.74) is 10.7. The van der Waals surface area contributed by atoms with Crippen LogP contribution in [0.5, 0.6) is 0 Å². The Balaban J connectivity index is 1.50. The molecule has 2 heterocycles. The molecule has 0 saturated heterocycles. The lowest BCUT2D eigenvalue weighted by molar-refractivity contribution is -0.647. The molecule has 0 radical (unpaired) electrons. The van der Waals surface area contributed by atoms with E-state index in [0.717, 1.165) is 49.0 Å². The zero-order valence-corrected chi connectivity index (χ0v) is 20.4. The molecule has 3 N–H and O–H groups in total. The smallest absolute Gasteiger partial charge is 0.307 e. The van der Waals surface area contributed by atoms with E-state index in [4.69, 9.17) is 5.73 Å². The Morgan fingerprint density at radius 1 is 1.34 bits per heavy atom. The molecule has 4 rings (SSSR count). The van der Waals surface area contributed by atoms with Crippen molar-refractivity contribution in [2.75, 3.05) is 5.73 Å². The van der Waals surface area contributed by atoms with Gasteiger partial charge in [-0.05, 0) is 73.7 Å². The van der Waals surface area contributed by atoms with Gasteiger partial charge in [0.05, 0.1) is 19.7 Å². The lowest BCUT2D eigenvalue weighted by atomic mass is 9.46. The lowest BCUT2D eigenvalue weighted by Crippen LogP contribution is -2.52. The topological polar surface area (TPSA) is 80.8 Å². The Bertz CT molecular complexity index is 1060. The number of hydrogen-bond donors (Lipinski definition) is 2. The quantitative estimate of drug-likeness (QED) is 0.538. The number of allylic oxidation sites excluding steroid dienone is 2. The minimum absolute atomic E-state index is 0.0624. The minimum Gasteiger partial charge on any atom is -0.389 e. The molecule has 2 aromatic rings. The molecule has 0 aliphatic heterocycles. The van der Waals surface area contributed by atoms with Gasteiger partial charge >= 0.3 is 5.65 Å². The maximum atomic E-state index is 10.5. The van der Waals surface area contributed by atoms with E-state index in [0.29, 0.717) is 17.7 Å². The van der Waals surface area contributed by atoms with E-state index in [-0.39, 0.29) is 16.9 Å². The van der Waals surface area contributed by atoms with Crippen molar-refractivity contribution in [3.8, 4) is 0 Å². The molecule has 5 atom stereocenters. The second kappa shape index (κ2) is 8.29. The van der Waals surface area contributed by atoms with Gasteiger partial charge in [-0.3, -0.25) is 4.57 Å². The Labute approximate surface area is 192 Å². The second-order valence-electron chi connectivity index (χ2n) is 10.9. The molecule has 2 aliphatic carbocycles. The van der Waals surface area contributed by atoms with Crippen LogP contribution in [0.3, 0.4) is 0 Å². The van der Waals surface area contributed by atoms with Crippen LogP contribution in [-0.2, 0) is 13.6 Å². The van der Waals surface area contributed by atoms with Crippen LogP contribution < -0.4 is 10.3 Å². The third-order valence-electron chi connectivity index (χ3n) is 9.11. The van der Waals surface area contributed by atoms with Crippen molar-refractivity contribution in [2.24, 2.45) is 29.7 Å². The van der Waals surface area contributed by atoms with Crippen LogP contribution in [0, 0.1) is 22.7 Å². The van der Waals surface area contributed by atoms with E-state index in [1.807, 2.05) is 17.9 Å². The summed E-state index contributed by atoms with van der Waals surface area (Å²) in [6, 6.07) is 0. The molecule has 6 heteroatoms. The van der Waals surface area contributed by atoms with Crippen LogP contribution in [0.25, 0.3) is 11.2 Å². The molecular formula is C26H40N5O+. The van der Waals surface area contributed by atoms with Crippen molar-refractivity contribution >= 4 is 17.0 Å². The first-order valence-electron chi connectivity index (χ1n) is 12.1. The number of imidazole rings is 1. The predicted octanol–water partition coefficient (Wildman–Crippen LogP) is 4.33. The normalized spacial score (nSPS) is 33.5. The highest BCUT2D eigenvalue weighted by Gasteiger charge is 2.55. The third kappa shape index (κ3) is 3.66. The van der Waals surface area contributed by atoms with Gasteiger partial charge in [0.1, 0.15) is 0 Å². The van der Waals surface area contributed by atoms with E-state index in [9.17, 15) is 5.11 Å². The monoisotopic (exact) mass is 438 g/mol. The molecule has 2 saturated carbocycles. The highest BCUT2D eigenvalue weighted by atomic mass is 16.3. The number of nitrogens with two attached hydrogens (primary N) is 1. The van der Waals surface area contributed by atoms with Crippen molar-refractivity contribution in [2.45, 2.75) is 78.9 Å². The average Bonchev–Trinajstić information content (AvgIpc) is 3.09. The minimum atomic E-state index is -0.329. The predicted molar refractivity (Wildman–Crippen MR) is 129 cm³/mol. The number of aromatic nitrogens is 4. The van der Waals surface area contributed by atoms with Gasteiger partial charge in [0, 0.05) is 0 Å². The summed E-state index contributed by atoms with van der Waals surface area (Å²) in [6.45, 7) is 14.6. The Morgan fingerprint density at radius 3 is 2.84 bits per heavy atom. The maximum absolute atomic E-state index is 10.5. The first kappa shape index (κ1) is 23.0. The molecule has 174 valence electrons. The largest absolute Gasteiger partial charge is 0.389 e. The second-order valence-corrected chi connectivity index (χ2v) is 10.9. The fraction of sp³-hybridized carbons (Fsp3) is 0.654. The molecule has 5 unspecified atom stereocenters. The van der Waals surface area contributed by atoms with Crippen molar-refractivity contribution < 1.29 is 9.67 Å². The number of nitrogens with zero attached hydrogens (tertiary/aromatic N) is 4. The molecule has 0 aromatic carbocycles. The molecule has 2 fully saturated rings. The van der Waals surface area contributed by atoms with Crippen LogP contribution in [-0.4, -0.2) is 25.7 Å². The van der Waals surface area contributed by atoms with E-state index in [1.165, 1.54) is 24.7 Å². The van der Waals surface area contributed by atoms with Crippen molar-refractivity contribution in [3.63, 3.8) is 0 Å². The van der Waals surface area contributed by atoms with E-state index in [1.54, 1.807) is 0 Å². The average molecular weight is 439 g/mol. The third-order valence-corrected chi connectivity index (χ3v) is 9.11. The van der Waals surface area contributed by atoms with E-state index >= 15 is 0 Å². The van der Waals surface area contributed by atoms with Crippen molar-refractivity contribution in [3.05, 3.63) is 36.5 Å². The first-order chi connectivity index (χ1) is 15.1. The number of anilines is 1. The molecule has 0 bridgehead atoms. The standard InChI is InChI=1S/C26H40N5O/c1-17(11-14-31-16-30(6)24-22(31)23(27)28-15-29-24)9-12-25(4)18(2)10-13-26(5)19(3)20(32)7-8-21(25)26/h11,15-16,18,20-21,32H,3,7-10,12-14H2,1-2,4-6H3,(H2,27,28,29)/q+1. The summed E-state index contributed by atoms with van der Waals surface area (Å²) >= 11 is 0. The SMILES string of the molecule is C=C1C(O)CCC2C1(C)CCC(C)C2(C)CCC(C)=CCn1c[n+](C)c2ncnc(N)c21. The summed E-state index contributed by atoms with van der Waals surface area (Å²) in [6.07, 6.45) is 12.1. The molecule has 0 spiro atoms. The lowest BCUT2D eigenvalue weighted by Gasteiger charge is -2.59. The zero-order chi connectivity index (χ0) is 23.3. The number of aliphatic hydroxyl groups is 1. The number of hydrogen-bond acceptors (Lipinski definition) is 4. The van der Waals surface area contributed by atoms with E-state index in [2.05, 4.69) is 54.9 Å². The molecule has 32 heavy (non-hydrogen) atoms. The highest BCUT2D eigenvalue weighted by molar-refractivity contribution is 5.79. The molecule has 2 aliphatic rings. The van der Waals surface area contributed by atoms with Gasteiger partial charge in [0.15, 0.2) is 18.5 Å². The van der Waals surface area contributed by atoms with Crippen LogP contribution in [0.2, 0.25) is 0 Å². The maximum Gasteiger partial charge on any atom is 0.307 e. The molecular weight excluding hydrogens is 398 g/mol. The van der Waals surface area contributed by atoms with Crippen LogP contribution in [0.1, 0.15) is 66.2 Å². The van der Waals surface area contributed by atoms with Gasteiger partial charge < -0.3 is 10.8 Å². The molecule has 0 amide bonds. The van der Waals surface area contributed by atoms with Crippen LogP contribution in [0.4, 0.5) is 5.82 Å². The molecule has 2 aromatic heterocycles. The number of aliphatic hydroxyl groups excluding tert-OH is 1. The Hall–Kier alpha value is -2.21. The summed E-state index contributed by atoms with van der Waals surface area (Å²) in [5.74, 6) is 1.79.